The molecule has 5 heteroatoms. The highest BCUT2D eigenvalue weighted by molar-refractivity contribution is 5.71. The number of nitriles is 2. The highest BCUT2D eigenvalue weighted by Crippen LogP contribution is 1.84. The van der Waals surface area contributed by atoms with Crippen molar-refractivity contribution in [2.45, 2.75) is 6.92 Å². The molecule has 0 aliphatic heterocycles. The number of carbonyl (C=O) groups excluding carboxylic acids is 1. The van der Waals surface area contributed by atoms with Gasteiger partial charge in [0.2, 0.25) is 0 Å². The maximum atomic E-state index is 10.7. The minimum atomic E-state index is -0.422. The fourth-order valence-electron chi connectivity index (χ4n) is 0.538. The van der Waals surface area contributed by atoms with Gasteiger partial charge in [-0.25, -0.2) is 0 Å². The van der Waals surface area contributed by atoms with Crippen molar-refractivity contribution in [1.82, 2.24) is 5.32 Å². The molecular formula is C8H9N3O2. The molecule has 5 nitrogen and oxygen atoms in total. The normalized spacial score (nSPS) is 7.62. The van der Waals surface area contributed by atoms with E-state index in [1.54, 1.807) is 19.1 Å². The van der Waals surface area contributed by atoms with Gasteiger partial charge < -0.3 is 10.1 Å². The molecule has 0 saturated heterocycles. The molecule has 0 spiro atoms. The van der Waals surface area contributed by atoms with Crippen LogP contribution in [-0.4, -0.2) is 19.1 Å². The molecule has 0 amide bonds. The molecule has 0 saturated carbocycles. The molecule has 0 rings (SSSR count). The number of ether oxygens (including phenoxy) is 1. The van der Waals surface area contributed by atoms with Gasteiger partial charge in [-0.05, 0) is 6.92 Å². The SMILES string of the molecule is CCOC(=O)CNC=C(C#N)C#N. The maximum Gasteiger partial charge on any atom is 0.325 e. The number of hydrogen-bond donors (Lipinski definition) is 1. The topological polar surface area (TPSA) is 85.9 Å². The lowest BCUT2D eigenvalue weighted by molar-refractivity contribution is -0.141. The van der Waals surface area contributed by atoms with Crippen molar-refractivity contribution < 1.29 is 9.53 Å². The van der Waals surface area contributed by atoms with Gasteiger partial charge in [0.05, 0.1) is 6.61 Å². The summed E-state index contributed by atoms with van der Waals surface area (Å²) in [6.07, 6.45) is 1.18. The van der Waals surface area contributed by atoms with E-state index in [1.165, 1.54) is 6.20 Å². The molecule has 0 fully saturated rings. The molecule has 0 aliphatic carbocycles. The monoisotopic (exact) mass is 179 g/mol. The van der Waals surface area contributed by atoms with E-state index in [1.807, 2.05) is 0 Å². The van der Waals surface area contributed by atoms with Gasteiger partial charge in [-0.15, -0.1) is 0 Å². The van der Waals surface area contributed by atoms with Crippen LogP contribution < -0.4 is 5.32 Å². The molecule has 1 N–H and O–H groups in total. The first-order chi connectivity index (χ1) is 6.24. The minimum absolute atomic E-state index is 0.0410. The average molecular weight is 179 g/mol. The smallest absolute Gasteiger partial charge is 0.325 e. The fraction of sp³-hybridized carbons (Fsp3) is 0.375. The number of rotatable bonds is 4. The van der Waals surface area contributed by atoms with Crippen LogP contribution in [0.3, 0.4) is 0 Å². The minimum Gasteiger partial charge on any atom is -0.465 e. The van der Waals surface area contributed by atoms with Crippen molar-refractivity contribution in [2.75, 3.05) is 13.2 Å². The summed E-state index contributed by atoms with van der Waals surface area (Å²) in [5, 5.41) is 19.1. The van der Waals surface area contributed by atoms with Crippen LogP contribution in [0, 0.1) is 22.7 Å². The fourth-order valence-corrected chi connectivity index (χ4v) is 0.538. The Kier molecular flexibility index (Phi) is 5.65. The molecule has 13 heavy (non-hydrogen) atoms. The van der Waals surface area contributed by atoms with E-state index in [2.05, 4.69) is 10.1 Å². The molecule has 0 heterocycles. The second-order valence-corrected chi connectivity index (χ2v) is 1.97. The number of allylic oxidation sites excluding steroid dienone is 1. The standard InChI is InChI=1S/C8H9N3O2/c1-2-13-8(12)6-11-5-7(3-9)4-10/h5,11H,2,6H2,1H3. The Morgan fingerprint density at radius 2 is 2.15 bits per heavy atom. The third-order valence-electron chi connectivity index (χ3n) is 1.04. The van der Waals surface area contributed by atoms with E-state index in [-0.39, 0.29) is 12.1 Å². The van der Waals surface area contributed by atoms with Crippen molar-refractivity contribution >= 4 is 5.97 Å². The number of esters is 1. The van der Waals surface area contributed by atoms with Gasteiger partial charge in [0.15, 0.2) is 0 Å². The van der Waals surface area contributed by atoms with Crippen molar-refractivity contribution in [2.24, 2.45) is 0 Å². The predicted molar refractivity (Wildman–Crippen MR) is 43.9 cm³/mol. The van der Waals surface area contributed by atoms with Crippen LogP contribution in [0.2, 0.25) is 0 Å². The lowest BCUT2D eigenvalue weighted by atomic mass is 10.3. The Hall–Kier alpha value is -2.01. The van der Waals surface area contributed by atoms with Crippen LogP contribution in [0.1, 0.15) is 6.92 Å². The zero-order valence-electron chi connectivity index (χ0n) is 7.20. The average Bonchev–Trinajstić information content (AvgIpc) is 2.13. The largest absolute Gasteiger partial charge is 0.465 e. The van der Waals surface area contributed by atoms with E-state index in [0.717, 1.165) is 0 Å². The molecule has 0 aliphatic rings. The number of nitrogens with one attached hydrogen (secondary N) is 1. The summed E-state index contributed by atoms with van der Waals surface area (Å²) in [6, 6.07) is 3.29. The highest BCUT2D eigenvalue weighted by atomic mass is 16.5. The van der Waals surface area contributed by atoms with Gasteiger partial charge in [-0.3, -0.25) is 4.79 Å². The van der Waals surface area contributed by atoms with Gasteiger partial charge in [-0.1, -0.05) is 0 Å². The third-order valence-corrected chi connectivity index (χ3v) is 1.04. The molecule has 0 radical (unpaired) electrons. The van der Waals surface area contributed by atoms with Gasteiger partial charge >= 0.3 is 5.97 Å². The van der Waals surface area contributed by atoms with Crippen LogP contribution in [0.25, 0.3) is 0 Å². The zero-order valence-corrected chi connectivity index (χ0v) is 7.20. The summed E-state index contributed by atoms with van der Waals surface area (Å²) < 4.78 is 4.59. The van der Waals surface area contributed by atoms with E-state index in [4.69, 9.17) is 10.5 Å². The quantitative estimate of drug-likeness (QED) is 0.487. The Morgan fingerprint density at radius 1 is 1.54 bits per heavy atom. The van der Waals surface area contributed by atoms with E-state index < -0.39 is 5.97 Å². The van der Waals surface area contributed by atoms with Gasteiger partial charge in [-0.2, -0.15) is 10.5 Å². The predicted octanol–water partition coefficient (Wildman–Crippen LogP) is 0.0702. The van der Waals surface area contributed by atoms with Crippen LogP contribution in [0.5, 0.6) is 0 Å². The lowest BCUT2D eigenvalue weighted by Crippen LogP contribution is -2.20. The summed E-state index contributed by atoms with van der Waals surface area (Å²) in [5.74, 6) is -0.422. The summed E-state index contributed by atoms with van der Waals surface area (Å²) in [5.41, 5.74) is -0.0794. The molecule has 0 aromatic heterocycles. The Balaban J connectivity index is 3.80. The van der Waals surface area contributed by atoms with Gasteiger partial charge in [0.1, 0.15) is 24.3 Å². The number of nitrogens with zero attached hydrogens (tertiary/aromatic N) is 2. The van der Waals surface area contributed by atoms with E-state index in [9.17, 15) is 4.79 Å². The number of hydrogen-bond acceptors (Lipinski definition) is 5. The van der Waals surface area contributed by atoms with Crippen molar-refractivity contribution in [3.05, 3.63) is 11.8 Å². The van der Waals surface area contributed by atoms with Crippen LogP contribution in [-0.2, 0) is 9.53 Å². The Morgan fingerprint density at radius 3 is 2.62 bits per heavy atom. The first kappa shape index (κ1) is 11.0. The summed E-state index contributed by atoms with van der Waals surface area (Å²) in [4.78, 5) is 10.7. The van der Waals surface area contributed by atoms with Crippen LogP contribution in [0.4, 0.5) is 0 Å². The summed E-state index contributed by atoms with van der Waals surface area (Å²) >= 11 is 0. The summed E-state index contributed by atoms with van der Waals surface area (Å²) in [7, 11) is 0. The van der Waals surface area contributed by atoms with Gasteiger partial charge in [0.25, 0.3) is 0 Å². The van der Waals surface area contributed by atoms with Gasteiger partial charge in [0, 0.05) is 6.20 Å². The summed E-state index contributed by atoms with van der Waals surface area (Å²) in [6.45, 7) is 1.97. The van der Waals surface area contributed by atoms with Crippen molar-refractivity contribution in [3.8, 4) is 12.1 Å². The molecule has 0 atom stereocenters. The molecule has 0 aromatic carbocycles. The molecule has 0 bridgehead atoms. The Bertz CT molecular complexity index is 267. The van der Waals surface area contributed by atoms with E-state index in [0.29, 0.717) is 6.61 Å². The maximum absolute atomic E-state index is 10.7. The first-order valence-corrected chi connectivity index (χ1v) is 3.64. The van der Waals surface area contributed by atoms with Crippen LogP contribution in [0.15, 0.2) is 11.8 Å². The highest BCUT2D eigenvalue weighted by Gasteiger charge is 1.98. The number of carbonyl (C=O) groups is 1. The second-order valence-electron chi connectivity index (χ2n) is 1.97. The van der Waals surface area contributed by atoms with Crippen molar-refractivity contribution in [1.29, 1.82) is 10.5 Å². The molecule has 0 unspecified atom stereocenters. The Labute approximate surface area is 76.2 Å². The molecular weight excluding hydrogens is 170 g/mol. The van der Waals surface area contributed by atoms with Crippen molar-refractivity contribution in [3.63, 3.8) is 0 Å². The van der Waals surface area contributed by atoms with Crippen LogP contribution >= 0.6 is 0 Å². The molecule has 68 valence electrons. The third kappa shape index (κ3) is 5.28. The van der Waals surface area contributed by atoms with E-state index >= 15 is 0 Å². The lowest BCUT2D eigenvalue weighted by Gasteiger charge is -1.99. The zero-order chi connectivity index (χ0) is 10.1. The first-order valence-electron chi connectivity index (χ1n) is 3.64. The molecule has 0 aromatic rings. The second kappa shape index (κ2) is 6.68.